The predicted octanol–water partition coefficient (Wildman–Crippen LogP) is 6.68. The molecule has 0 amide bonds. The van der Waals surface area contributed by atoms with Gasteiger partial charge in [0.05, 0.1) is 6.04 Å². The number of hydrogen-bond acceptors (Lipinski definition) is 4. The molecule has 1 unspecified atom stereocenters. The summed E-state index contributed by atoms with van der Waals surface area (Å²) in [6.45, 7) is 4.38. The van der Waals surface area contributed by atoms with Crippen LogP contribution in [0.1, 0.15) is 83.1 Å². The van der Waals surface area contributed by atoms with Crippen molar-refractivity contribution >= 4 is 23.3 Å². The maximum atomic E-state index is 5.56. The van der Waals surface area contributed by atoms with E-state index in [-0.39, 0.29) is 18.4 Å². The van der Waals surface area contributed by atoms with Crippen LogP contribution in [0.3, 0.4) is 0 Å². The van der Waals surface area contributed by atoms with Crippen LogP contribution in [-0.2, 0) is 6.54 Å². The molecule has 1 atom stereocenters. The lowest BCUT2D eigenvalue weighted by Gasteiger charge is -2.06. The predicted molar refractivity (Wildman–Crippen MR) is 125 cm³/mol. The van der Waals surface area contributed by atoms with Gasteiger partial charge in [0.1, 0.15) is 0 Å². The zero-order valence-corrected chi connectivity index (χ0v) is 18.9. The highest BCUT2D eigenvalue weighted by Gasteiger charge is 2.23. The number of aromatic nitrogens is 3. The summed E-state index contributed by atoms with van der Waals surface area (Å²) in [7, 11) is 0. The van der Waals surface area contributed by atoms with Crippen molar-refractivity contribution in [3.05, 3.63) is 36.4 Å². The molecule has 4 rings (SSSR count). The molecule has 0 bridgehead atoms. The Balaban J connectivity index is 0.00000256. The minimum absolute atomic E-state index is 0. The third-order valence-electron chi connectivity index (χ3n) is 6.11. The summed E-state index contributed by atoms with van der Waals surface area (Å²) in [4.78, 5) is 4.69. The normalized spacial score (nSPS) is 16.2. The molecule has 3 heterocycles. The summed E-state index contributed by atoms with van der Waals surface area (Å²) in [5.74, 6) is 1.41. The van der Waals surface area contributed by atoms with E-state index in [2.05, 4.69) is 57.4 Å². The lowest BCUT2D eigenvalue weighted by atomic mass is 10.1. The van der Waals surface area contributed by atoms with Gasteiger partial charge in [0.2, 0.25) is 11.7 Å². The molecule has 5 nitrogen and oxygen atoms in total. The van der Waals surface area contributed by atoms with Gasteiger partial charge in [0.15, 0.2) is 0 Å². The van der Waals surface area contributed by atoms with Crippen LogP contribution in [0, 0.1) is 0 Å². The third-order valence-corrected chi connectivity index (χ3v) is 6.11. The Bertz CT molecular complexity index is 898. The highest BCUT2D eigenvalue weighted by atomic mass is 35.5. The Morgan fingerprint density at radius 2 is 1.87 bits per heavy atom. The van der Waals surface area contributed by atoms with Gasteiger partial charge in [-0.1, -0.05) is 69.2 Å². The Kier molecular flexibility index (Phi) is 8.76. The van der Waals surface area contributed by atoms with Crippen molar-refractivity contribution in [2.24, 2.45) is 0 Å². The van der Waals surface area contributed by atoms with E-state index in [4.69, 9.17) is 4.52 Å². The van der Waals surface area contributed by atoms with Gasteiger partial charge in [-0.25, -0.2) is 0 Å². The van der Waals surface area contributed by atoms with Crippen molar-refractivity contribution in [2.45, 2.75) is 83.7 Å². The van der Waals surface area contributed by atoms with Crippen LogP contribution in [0.2, 0.25) is 0 Å². The number of nitrogens with zero attached hydrogens (tertiary/aromatic N) is 3. The maximum absolute atomic E-state index is 5.56. The largest absolute Gasteiger partial charge is 0.347 e. The van der Waals surface area contributed by atoms with Crippen LogP contribution in [0.5, 0.6) is 0 Å². The standard InChI is InChI=1S/C24H34N4O.ClH/c1-2-3-4-5-6-7-8-9-17-28-18-15-19-20(12-10-14-22(19)28)23-26-24(29-27-23)21-13-11-16-25-21;/h10,12,14-15,18,21,25H,2-9,11,13,16-17H2,1H3;1H. The van der Waals surface area contributed by atoms with Gasteiger partial charge in [-0.05, 0) is 37.9 Å². The monoisotopic (exact) mass is 430 g/mol. The SMILES string of the molecule is CCCCCCCCCCn1ccc2c(-c3noc(C4CCCN4)n3)cccc21.Cl. The summed E-state index contributed by atoms with van der Waals surface area (Å²) in [6, 6.07) is 8.80. The molecule has 6 heteroatoms. The van der Waals surface area contributed by atoms with Crippen molar-refractivity contribution < 1.29 is 4.52 Å². The average Bonchev–Trinajstić information content (AvgIpc) is 3.50. The zero-order valence-electron chi connectivity index (χ0n) is 18.1. The van der Waals surface area contributed by atoms with Crippen LogP contribution in [0.4, 0.5) is 0 Å². The number of halogens is 1. The molecule has 1 aromatic carbocycles. The summed E-state index contributed by atoms with van der Waals surface area (Å²) in [6.07, 6.45) is 15.2. The second-order valence-corrected chi connectivity index (χ2v) is 8.33. The zero-order chi connectivity index (χ0) is 19.9. The van der Waals surface area contributed by atoms with Crippen LogP contribution >= 0.6 is 12.4 Å². The van der Waals surface area contributed by atoms with Gasteiger partial charge in [0, 0.05) is 29.2 Å². The molecule has 0 aliphatic carbocycles. The van der Waals surface area contributed by atoms with E-state index in [0.29, 0.717) is 11.7 Å². The highest BCUT2D eigenvalue weighted by Crippen LogP contribution is 2.30. The molecule has 1 fully saturated rings. The quantitative estimate of drug-likeness (QED) is 0.345. The first-order valence-corrected chi connectivity index (χ1v) is 11.5. The average molecular weight is 431 g/mol. The van der Waals surface area contributed by atoms with Gasteiger partial charge < -0.3 is 14.4 Å². The Labute approximate surface area is 186 Å². The van der Waals surface area contributed by atoms with E-state index < -0.39 is 0 Å². The lowest BCUT2D eigenvalue weighted by Crippen LogP contribution is -2.12. The first-order valence-electron chi connectivity index (χ1n) is 11.5. The van der Waals surface area contributed by atoms with Crippen LogP contribution in [0.15, 0.2) is 35.0 Å². The molecule has 2 aromatic heterocycles. The van der Waals surface area contributed by atoms with E-state index in [0.717, 1.165) is 25.1 Å². The minimum Gasteiger partial charge on any atom is -0.347 e. The van der Waals surface area contributed by atoms with Gasteiger partial charge in [-0.2, -0.15) is 4.98 Å². The first-order chi connectivity index (χ1) is 14.4. The summed E-state index contributed by atoms with van der Waals surface area (Å²) in [5, 5.41) is 8.91. The molecule has 30 heavy (non-hydrogen) atoms. The van der Waals surface area contributed by atoms with Crippen molar-refractivity contribution in [3.63, 3.8) is 0 Å². The fourth-order valence-electron chi connectivity index (χ4n) is 4.41. The second kappa shape index (κ2) is 11.5. The fourth-order valence-corrected chi connectivity index (χ4v) is 4.41. The number of hydrogen-bond donors (Lipinski definition) is 1. The fraction of sp³-hybridized carbons (Fsp3) is 0.583. The van der Waals surface area contributed by atoms with Crippen molar-refractivity contribution in [1.29, 1.82) is 0 Å². The number of rotatable bonds is 11. The van der Waals surface area contributed by atoms with E-state index >= 15 is 0 Å². The van der Waals surface area contributed by atoms with E-state index in [1.54, 1.807) is 0 Å². The molecule has 1 aliphatic heterocycles. The van der Waals surface area contributed by atoms with Gasteiger partial charge in [0.25, 0.3) is 0 Å². The Morgan fingerprint density at radius 3 is 2.63 bits per heavy atom. The van der Waals surface area contributed by atoms with Crippen molar-refractivity contribution in [2.75, 3.05) is 6.54 Å². The van der Waals surface area contributed by atoms with Crippen LogP contribution in [-0.4, -0.2) is 21.3 Å². The second-order valence-electron chi connectivity index (χ2n) is 8.33. The molecule has 164 valence electrons. The third kappa shape index (κ3) is 5.44. The van der Waals surface area contributed by atoms with Gasteiger partial charge in [-0.15, -0.1) is 12.4 Å². The Hall–Kier alpha value is -1.85. The van der Waals surface area contributed by atoms with Gasteiger partial charge >= 0.3 is 0 Å². The van der Waals surface area contributed by atoms with Crippen molar-refractivity contribution in [1.82, 2.24) is 20.0 Å². The van der Waals surface area contributed by atoms with E-state index in [1.165, 1.54) is 68.7 Å². The van der Waals surface area contributed by atoms with E-state index in [1.807, 2.05) is 0 Å². The van der Waals surface area contributed by atoms with Gasteiger partial charge in [-0.3, -0.25) is 0 Å². The van der Waals surface area contributed by atoms with Crippen LogP contribution in [0.25, 0.3) is 22.3 Å². The molecule has 0 radical (unpaired) electrons. The lowest BCUT2D eigenvalue weighted by molar-refractivity contribution is 0.345. The number of nitrogens with one attached hydrogen (secondary N) is 1. The molecule has 1 N–H and O–H groups in total. The summed E-state index contributed by atoms with van der Waals surface area (Å²) >= 11 is 0. The molecule has 0 spiro atoms. The molecule has 0 saturated carbocycles. The summed E-state index contributed by atoms with van der Waals surface area (Å²) in [5.41, 5.74) is 2.32. The summed E-state index contributed by atoms with van der Waals surface area (Å²) < 4.78 is 7.93. The number of unbranched alkanes of at least 4 members (excludes halogenated alkanes) is 7. The number of benzene rings is 1. The van der Waals surface area contributed by atoms with Crippen LogP contribution < -0.4 is 5.32 Å². The molecular weight excluding hydrogens is 396 g/mol. The number of aryl methyl sites for hydroxylation is 1. The highest BCUT2D eigenvalue weighted by molar-refractivity contribution is 5.93. The molecule has 3 aromatic rings. The first kappa shape index (κ1) is 22.8. The minimum atomic E-state index is 0. The van der Waals surface area contributed by atoms with E-state index in [9.17, 15) is 0 Å². The molecule has 1 saturated heterocycles. The van der Waals surface area contributed by atoms with Crippen molar-refractivity contribution in [3.8, 4) is 11.4 Å². The topological polar surface area (TPSA) is 55.9 Å². The molecular formula is C24H35ClN4O. The maximum Gasteiger partial charge on any atom is 0.244 e. The smallest absolute Gasteiger partial charge is 0.244 e. The Morgan fingerprint density at radius 1 is 1.07 bits per heavy atom. The molecule has 1 aliphatic rings. The number of fused-ring (bicyclic) bond motifs is 1.